The molecule has 2 aromatic rings. The highest BCUT2D eigenvalue weighted by Crippen LogP contribution is 2.23. The zero-order chi connectivity index (χ0) is 13.8. The summed E-state index contributed by atoms with van der Waals surface area (Å²) in [5.41, 5.74) is 7.86. The molecular weight excluding hydrogens is 256 g/mol. The molecule has 0 saturated heterocycles. The van der Waals surface area contributed by atoms with Crippen LogP contribution in [0.5, 0.6) is 0 Å². The molecule has 3 nitrogen and oxygen atoms in total. The van der Waals surface area contributed by atoms with Crippen LogP contribution >= 0.6 is 11.8 Å². The molecule has 0 fully saturated rings. The van der Waals surface area contributed by atoms with Crippen LogP contribution in [0, 0.1) is 0 Å². The van der Waals surface area contributed by atoms with Crippen LogP contribution in [0.25, 0.3) is 0 Å². The molecule has 0 aliphatic carbocycles. The molecule has 0 aliphatic rings. The molecule has 4 heteroatoms. The Morgan fingerprint density at radius 2 is 1.74 bits per heavy atom. The van der Waals surface area contributed by atoms with Crippen molar-refractivity contribution in [2.45, 2.75) is 4.90 Å². The molecule has 0 aromatic heterocycles. The lowest BCUT2D eigenvalue weighted by atomic mass is 10.2. The summed E-state index contributed by atoms with van der Waals surface area (Å²) in [6.45, 7) is 0. The van der Waals surface area contributed by atoms with Crippen molar-refractivity contribution in [2.75, 3.05) is 23.9 Å². The van der Waals surface area contributed by atoms with Crippen molar-refractivity contribution < 1.29 is 4.79 Å². The summed E-state index contributed by atoms with van der Waals surface area (Å²) < 4.78 is 0. The van der Waals surface area contributed by atoms with Gasteiger partial charge in [-0.05, 0) is 42.7 Å². The quantitative estimate of drug-likeness (QED) is 0.689. The maximum atomic E-state index is 12.4. The third kappa shape index (κ3) is 2.90. The van der Waals surface area contributed by atoms with Gasteiger partial charge in [0.15, 0.2) is 0 Å². The van der Waals surface area contributed by atoms with E-state index in [4.69, 9.17) is 5.73 Å². The molecular formula is C15H16N2OS. The molecule has 2 rings (SSSR count). The fourth-order valence-electron chi connectivity index (χ4n) is 1.83. The predicted octanol–water partition coefficient (Wildman–Crippen LogP) is 3.27. The third-order valence-electron chi connectivity index (χ3n) is 2.94. The average Bonchev–Trinajstić information content (AvgIpc) is 2.46. The Morgan fingerprint density at radius 1 is 1.11 bits per heavy atom. The average molecular weight is 272 g/mol. The van der Waals surface area contributed by atoms with Gasteiger partial charge in [0.2, 0.25) is 0 Å². The van der Waals surface area contributed by atoms with Crippen molar-refractivity contribution in [1.29, 1.82) is 0 Å². The van der Waals surface area contributed by atoms with E-state index in [0.29, 0.717) is 11.3 Å². The van der Waals surface area contributed by atoms with Crippen LogP contribution < -0.4 is 10.6 Å². The summed E-state index contributed by atoms with van der Waals surface area (Å²) in [5, 5.41) is 0. The summed E-state index contributed by atoms with van der Waals surface area (Å²) in [6.07, 6.45) is 2.01. The van der Waals surface area contributed by atoms with Gasteiger partial charge in [0, 0.05) is 17.5 Å². The minimum absolute atomic E-state index is 0.0643. The number of nitrogens with two attached hydrogens (primary N) is 1. The number of nitrogens with zero attached hydrogens (tertiary/aromatic N) is 1. The van der Waals surface area contributed by atoms with Crippen LogP contribution in [0.2, 0.25) is 0 Å². The number of para-hydroxylation sites is 2. The van der Waals surface area contributed by atoms with Gasteiger partial charge >= 0.3 is 0 Å². The molecule has 1 amide bonds. The Bertz CT molecular complexity index is 581. The lowest BCUT2D eigenvalue weighted by molar-refractivity contribution is 0.0993. The number of rotatable bonds is 3. The first kappa shape index (κ1) is 13.5. The Hall–Kier alpha value is -1.94. The predicted molar refractivity (Wildman–Crippen MR) is 81.8 cm³/mol. The smallest absolute Gasteiger partial charge is 0.258 e. The number of amides is 1. The number of anilines is 2. The van der Waals surface area contributed by atoms with Gasteiger partial charge in [0.25, 0.3) is 5.91 Å². The summed E-state index contributed by atoms with van der Waals surface area (Å²) in [5.74, 6) is -0.0643. The molecule has 0 spiro atoms. The van der Waals surface area contributed by atoms with Gasteiger partial charge in [0.05, 0.1) is 11.4 Å². The number of carbonyl (C=O) groups excluding carboxylic acids is 1. The molecule has 0 aliphatic heterocycles. The number of thioether (sulfide) groups is 1. The van der Waals surface area contributed by atoms with E-state index in [1.54, 1.807) is 29.8 Å². The van der Waals surface area contributed by atoms with Crippen molar-refractivity contribution in [1.82, 2.24) is 0 Å². The van der Waals surface area contributed by atoms with E-state index < -0.39 is 0 Å². The Kier molecular flexibility index (Phi) is 4.12. The molecule has 0 bridgehead atoms. The van der Waals surface area contributed by atoms with Crippen molar-refractivity contribution in [2.24, 2.45) is 0 Å². The highest BCUT2D eigenvalue weighted by Gasteiger charge is 2.14. The second-order valence-corrected chi connectivity index (χ2v) is 5.03. The maximum Gasteiger partial charge on any atom is 0.258 e. The lowest BCUT2D eigenvalue weighted by Gasteiger charge is -2.19. The van der Waals surface area contributed by atoms with Crippen LogP contribution in [0.1, 0.15) is 10.4 Å². The summed E-state index contributed by atoms with van der Waals surface area (Å²) in [7, 11) is 1.73. The first-order chi connectivity index (χ1) is 9.13. The second kappa shape index (κ2) is 5.80. The number of carbonyl (C=O) groups is 1. The zero-order valence-corrected chi connectivity index (χ0v) is 11.8. The maximum absolute atomic E-state index is 12.4. The first-order valence-electron chi connectivity index (χ1n) is 5.90. The molecule has 19 heavy (non-hydrogen) atoms. The number of hydrogen-bond donors (Lipinski definition) is 1. The summed E-state index contributed by atoms with van der Waals surface area (Å²) in [4.78, 5) is 15.1. The van der Waals surface area contributed by atoms with Crippen LogP contribution in [-0.2, 0) is 0 Å². The van der Waals surface area contributed by atoms with Gasteiger partial charge in [-0.15, -0.1) is 11.8 Å². The molecule has 0 saturated carbocycles. The molecule has 0 radical (unpaired) electrons. The van der Waals surface area contributed by atoms with Gasteiger partial charge < -0.3 is 10.6 Å². The van der Waals surface area contributed by atoms with Gasteiger partial charge in [-0.3, -0.25) is 4.79 Å². The molecule has 0 heterocycles. The topological polar surface area (TPSA) is 46.3 Å². The van der Waals surface area contributed by atoms with Crippen LogP contribution in [0.3, 0.4) is 0 Å². The number of nitrogen functional groups attached to an aromatic ring is 1. The van der Waals surface area contributed by atoms with Gasteiger partial charge in [-0.2, -0.15) is 0 Å². The monoisotopic (exact) mass is 272 g/mol. The van der Waals surface area contributed by atoms with Crippen molar-refractivity contribution in [3.8, 4) is 0 Å². The summed E-state index contributed by atoms with van der Waals surface area (Å²) in [6, 6.07) is 14.9. The highest BCUT2D eigenvalue weighted by atomic mass is 32.2. The number of hydrogen-bond acceptors (Lipinski definition) is 3. The van der Waals surface area contributed by atoms with Crippen LogP contribution in [-0.4, -0.2) is 19.2 Å². The lowest BCUT2D eigenvalue weighted by Crippen LogP contribution is -2.26. The van der Waals surface area contributed by atoms with E-state index in [1.807, 2.05) is 48.7 Å². The minimum atomic E-state index is -0.0643. The standard InChI is InChI=1S/C15H16N2OS/c1-17(14-6-4-3-5-13(14)16)15(18)11-7-9-12(19-2)10-8-11/h3-10H,16H2,1-2H3. The summed E-state index contributed by atoms with van der Waals surface area (Å²) >= 11 is 1.65. The minimum Gasteiger partial charge on any atom is -0.397 e. The Balaban J connectivity index is 2.26. The molecule has 0 unspecified atom stereocenters. The highest BCUT2D eigenvalue weighted by molar-refractivity contribution is 7.98. The fourth-order valence-corrected chi connectivity index (χ4v) is 2.24. The van der Waals surface area contributed by atoms with E-state index in [9.17, 15) is 4.79 Å². The van der Waals surface area contributed by atoms with Gasteiger partial charge in [-0.25, -0.2) is 0 Å². The van der Waals surface area contributed by atoms with Crippen LogP contribution in [0.4, 0.5) is 11.4 Å². The molecule has 0 atom stereocenters. The van der Waals surface area contributed by atoms with Crippen molar-refractivity contribution in [3.63, 3.8) is 0 Å². The van der Waals surface area contributed by atoms with Gasteiger partial charge in [0.1, 0.15) is 0 Å². The molecule has 2 N–H and O–H groups in total. The normalized spacial score (nSPS) is 10.2. The third-order valence-corrected chi connectivity index (χ3v) is 3.68. The zero-order valence-electron chi connectivity index (χ0n) is 11.0. The van der Waals surface area contributed by atoms with E-state index in [-0.39, 0.29) is 5.91 Å². The second-order valence-electron chi connectivity index (χ2n) is 4.15. The SMILES string of the molecule is CSc1ccc(C(=O)N(C)c2ccccc2N)cc1. The van der Waals surface area contributed by atoms with Crippen LogP contribution in [0.15, 0.2) is 53.4 Å². The fraction of sp³-hybridized carbons (Fsp3) is 0.133. The first-order valence-corrected chi connectivity index (χ1v) is 7.12. The Labute approximate surface area is 117 Å². The van der Waals surface area contributed by atoms with E-state index >= 15 is 0 Å². The van der Waals surface area contributed by atoms with Gasteiger partial charge in [-0.1, -0.05) is 12.1 Å². The Morgan fingerprint density at radius 3 is 2.32 bits per heavy atom. The van der Waals surface area contributed by atoms with E-state index in [2.05, 4.69) is 0 Å². The van der Waals surface area contributed by atoms with E-state index in [1.165, 1.54) is 0 Å². The molecule has 98 valence electrons. The molecule has 2 aromatic carbocycles. The van der Waals surface area contributed by atoms with Crippen molar-refractivity contribution >= 4 is 29.0 Å². The largest absolute Gasteiger partial charge is 0.397 e. The van der Waals surface area contributed by atoms with E-state index in [0.717, 1.165) is 10.6 Å². The number of benzene rings is 2. The van der Waals surface area contributed by atoms with Crippen molar-refractivity contribution in [3.05, 3.63) is 54.1 Å².